The van der Waals surface area contributed by atoms with Crippen LogP contribution < -0.4 is 4.74 Å². The third kappa shape index (κ3) is 7.31. The summed E-state index contributed by atoms with van der Waals surface area (Å²) in [6.07, 6.45) is 0.433. The molecule has 0 aliphatic carbocycles. The van der Waals surface area contributed by atoms with Gasteiger partial charge in [-0.3, -0.25) is 9.59 Å². The minimum atomic E-state index is -0.878. The predicted octanol–water partition coefficient (Wildman–Crippen LogP) is 8.48. The van der Waals surface area contributed by atoms with Gasteiger partial charge in [-0.1, -0.05) is 83.1 Å². The second-order valence-corrected chi connectivity index (χ2v) is 11.3. The zero-order valence-corrected chi connectivity index (χ0v) is 23.2. The van der Waals surface area contributed by atoms with E-state index in [1.54, 1.807) is 0 Å². The van der Waals surface area contributed by atoms with E-state index in [9.17, 15) is 9.59 Å². The molecule has 0 aliphatic rings. The summed E-state index contributed by atoms with van der Waals surface area (Å²) < 4.78 is 6.52. The number of hydrogen-bond acceptors (Lipinski definition) is 3. The van der Waals surface area contributed by atoms with Crippen LogP contribution in [0.15, 0.2) is 60.7 Å². The summed E-state index contributed by atoms with van der Waals surface area (Å²) in [6, 6.07) is 20.6. The number of benzene rings is 3. The van der Waals surface area contributed by atoms with Gasteiger partial charge in [-0.25, -0.2) is 0 Å². The Labute approximate surface area is 221 Å². The van der Waals surface area contributed by atoms with Crippen molar-refractivity contribution in [2.75, 3.05) is 0 Å². The number of aryl methyl sites for hydroxylation is 2. The number of aliphatic carboxylic acids is 1. The number of carboxylic acids is 1. The zero-order chi connectivity index (χ0) is 27.3. The summed E-state index contributed by atoms with van der Waals surface area (Å²) in [5.74, 6) is 0.143. The molecule has 0 saturated heterocycles. The van der Waals surface area contributed by atoms with Crippen molar-refractivity contribution in [1.29, 1.82) is 0 Å². The standard InChI is InChI=1S/C33H40O4/c1-21(2)32(26-13-11-24(12-14-26)29(34)9-8-10-30(35)36)37-28-19-22(3)31(23(4)20-28)25-15-17-27(18-16-25)33(5,6)7/h11-21,32H,8-10H2,1-7H3,(H,35,36). The molecule has 0 bridgehead atoms. The molecule has 4 nitrogen and oxygen atoms in total. The molecule has 37 heavy (non-hydrogen) atoms. The van der Waals surface area contributed by atoms with Crippen LogP contribution in [0, 0.1) is 19.8 Å². The second kappa shape index (κ2) is 11.8. The molecule has 3 aromatic rings. The van der Waals surface area contributed by atoms with Crippen LogP contribution in [0.1, 0.15) is 92.6 Å². The van der Waals surface area contributed by atoms with Crippen molar-refractivity contribution in [2.24, 2.45) is 5.92 Å². The number of hydrogen-bond donors (Lipinski definition) is 1. The summed E-state index contributed by atoms with van der Waals surface area (Å²) in [5.41, 5.74) is 7.83. The molecule has 1 atom stereocenters. The fourth-order valence-electron chi connectivity index (χ4n) is 4.72. The molecule has 196 valence electrons. The fraction of sp³-hybridized carbons (Fsp3) is 0.394. The molecule has 0 aliphatic heterocycles. The van der Waals surface area contributed by atoms with Gasteiger partial charge in [0.15, 0.2) is 5.78 Å². The highest BCUT2D eigenvalue weighted by molar-refractivity contribution is 5.96. The predicted molar refractivity (Wildman–Crippen MR) is 151 cm³/mol. The SMILES string of the molecule is Cc1cc(OC(c2ccc(C(=O)CCCC(=O)O)cc2)C(C)C)cc(C)c1-c1ccc(C(C)(C)C)cc1. The summed E-state index contributed by atoms with van der Waals surface area (Å²) in [5, 5.41) is 8.79. The maximum Gasteiger partial charge on any atom is 0.303 e. The van der Waals surface area contributed by atoms with Gasteiger partial charge in [0.2, 0.25) is 0 Å². The molecule has 0 saturated carbocycles. The molecule has 1 unspecified atom stereocenters. The highest BCUT2D eigenvalue weighted by Crippen LogP contribution is 2.35. The topological polar surface area (TPSA) is 63.6 Å². The Hall–Kier alpha value is -3.40. The molecule has 1 N–H and O–H groups in total. The Morgan fingerprint density at radius 1 is 0.865 bits per heavy atom. The van der Waals surface area contributed by atoms with E-state index >= 15 is 0 Å². The van der Waals surface area contributed by atoms with Gasteiger partial charge >= 0.3 is 5.97 Å². The Morgan fingerprint density at radius 2 is 1.43 bits per heavy atom. The van der Waals surface area contributed by atoms with E-state index in [1.165, 1.54) is 27.8 Å². The number of carboxylic acid groups (broad SMARTS) is 1. The van der Waals surface area contributed by atoms with E-state index < -0.39 is 5.97 Å². The molecule has 0 amide bonds. The molecule has 0 spiro atoms. The molecule has 4 heteroatoms. The van der Waals surface area contributed by atoms with Crippen molar-refractivity contribution in [2.45, 2.75) is 79.2 Å². The maximum absolute atomic E-state index is 12.4. The molecule has 0 fully saturated rings. The van der Waals surface area contributed by atoms with Crippen molar-refractivity contribution in [3.05, 3.63) is 88.5 Å². The Morgan fingerprint density at radius 3 is 1.92 bits per heavy atom. The van der Waals surface area contributed by atoms with E-state index in [1.807, 2.05) is 24.3 Å². The Balaban J connectivity index is 1.79. The van der Waals surface area contributed by atoms with Crippen LogP contribution in [-0.2, 0) is 10.2 Å². The minimum absolute atomic E-state index is 0.00688. The summed E-state index contributed by atoms with van der Waals surface area (Å²) in [6.45, 7) is 15.2. The number of rotatable bonds is 10. The molecule has 0 aromatic heterocycles. The van der Waals surface area contributed by atoms with Crippen LogP contribution in [0.2, 0.25) is 0 Å². The highest BCUT2D eigenvalue weighted by atomic mass is 16.5. The highest BCUT2D eigenvalue weighted by Gasteiger charge is 2.20. The van der Waals surface area contributed by atoms with Gasteiger partial charge in [0, 0.05) is 18.4 Å². The third-order valence-corrected chi connectivity index (χ3v) is 6.77. The average Bonchev–Trinajstić information content (AvgIpc) is 2.81. The van der Waals surface area contributed by atoms with E-state index in [-0.39, 0.29) is 36.1 Å². The molecule has 3 aromatic carbocycles. The lowest BCUT2D eigenvalue weighted by molar-refractivity contribution is -0.137. The van der Waals surface area contributed by atoms with Crippen molar-refractivity contribution < 1.29 is 19.4 Å². The Kier molecular flexibility index (Phi) is 8.96. The lowest BCUT2D eigenvalue weighted by Crippen LogP contribution is -2.15. The van der Waals surface area contributed by atoms with Crippen molar-refractivity contribution >= 4 is 11.8 Å². The zero-order valence-electron chi connectivity index (χ0n) is 23.2. The number of carbonyl (C=O) groups excluding carboxylic acids is 1. The average molecular weight is 501 g/mol. The first-order chi connectivity index (χ1) is 17.4. The molecule has 0 heterocycles. The molecular formula is C33H40O4. The van der Waals surface area contributed by atoms with Crippen LogP contribution >= 0.6 is 0 Å². The third-order valence-electron chi connectivity index (χ3n) is 6.77. The fourth-order valence-corrected chi connectivity index (χ4v) is 4.72. The van der Waals surface area contributed by atoms with Crippen molar-refractivity contribution in [3.63, 3.8) is 0 Å². The first-order valence-corrected chi connectivity index (χ1v) is 13.1. The van der Waals surface area contributed by atoms with Gasteiger partial charge < -0.3 is 9.84 Å². The summed E-state index contributed by atoms with van der Waals surface area (Å²) in [7, 11) is 0. The monoisotopic (exact) mass is 500 g/mol. The smallest absolute Gasteiger partial charge is 0.303 e. The van der Waals surface area contributed by atoms with Crippen molar-refractivity contribution in [1.82, 2.24) is 0 Å². The minimum Gasteiger partial charge on any atom is -0.485 e. The normalized spacial score (nSPS) is 12.4. The lowest BCUT2D eigenvalue weighted by atomic mass is 9.85. The first-order valence-electron chi connectivity index (χ1n) is 13.1. The van der Waals surface area contributed by atoms with Gasteiger partial charge in [0.05, 0.1) is 0 Å². The second-order valence-electron chi connectivity index (χ2n) is 11.3. The quantitative estimate of drug-likeness (QED) is 0.284. The molecule has 0 radical (unpaired) electrons. The number of ketones is 1. The van der Waals surface area contributed by atoms with Crippen LogP contribution in [-0.4, -0.2) is 16.9 Å². The largest absolute Gasteiger partial charge is 0.485 e. The summed E-state index contributed by atoms with van der Waals surface area (Å²) in [4.78, 5) is 23.1. The summed E-state index contributed by atoms with van der Waals surface area (Å²) >= 11 is 0. The van der Waals surface area contributed by atoms with E-state index in [2.05, 4.69) is 84.9 Å². The van der Waals surface area contributed by atoms with Crippen molar-refractivity contribution in [3.8, 4) is 16.9 Å². The van der Waals surface area contributed by atoms with Gasteiger partial charge in [-0.05, 0) is 77.1 Å². The van der Waals surface area contributed by atoms with E-state index in [0.29, 0.717) is 12.0 Å². The maximum atomic E-state index is 12.4. The number of carbonyl (C=O) groups is 2. The first kappa shape index (κ1) is 28.2. The molecular weight excluding hydrogens is 460 g/mol. The van der Waals surface area contributed by atoms with Gasteiger partial charge in [0.25, 0.3) is 0 Å². The molecule has 3 rings (SSSR count). The van der Waals surface area contributed by atoms with Crippen LogP contribution in [0.25, 0.3) is 11.1 Å². The van der Waals surface area contributed by atoms with Gasteiger partial charge in [0.1, 0.15) is 11.9 Å². The lowest BCUT2D eigenvalue weighted by Gasteiger charge is -2.25. The Bertz CT molecular complexity index is 1210. The van der Waals surface area contributed by atoms with Gasteiger partial charge in [-0.15, -0.1) is 0 Å². The number of ether oxygens (including phenoxy) is 1. The van der Waals surface area contributed by atoms with E-state index in [0.717, 1.165) is 11.3 Å². The van der Waals surface area contributed by atoms with Gasteiger partial charge in [-0.2, -0.15) is 0 Å². The number of Topliss-reactive ketones (excluding diaryl/α,β-unsaturated/α-hetero) is 1. The van der Waals surface area contributed by atoms with Crippen LogP contribution in [0.5, 0.6) is 5.75 Å². The van der Waals surface area contributed by atoms with Crippen LogP contribution in [0.3, 0.4) is 0 Å². The van der Waals surface area contributed by atoms with Crippen LogP contribution in [0.4, 0.5) is 0 Å². The van der Waals surface area contributed by atoms with E-state index in [4.69, 9.17) is 9.84 Å².